The fourth-order valence-corrected chi connectivity index (χ4v) is 5.57. The van der Waals surface area contributed by atoms with Crippen molar-refractivity contribution in [1.82, 2.24) is 15.2 Å². The van der Waals surface area contributed by atoms with Crippen molar-refractivity contribution in [2.24, 2.45) is 4.99 Å². The molecule has 3 heterocycles. The summed E-state index contributed by atoms with van der Waals surface area (Å²) in [4.78, 5) is 27.2. The smallest absolute Gasteiger partial charge is 0.251 e. The molecule has 0 spiro atoms. The number of carbonyl (C=O) groups is 1. The number of amides is 1. The van der Waals surface area contributed by atoms with Gasteiger partial charge in [-0.25, -0.2) is 4.99 Å². The predicted octanol–water partition coefficient (Wildman–Crippen LogP) is 5.17. The van der Waals surface area contributed by atoms with E-state index in [-0.39, 0.29) is 5.91 Å². The molecule has 0 atom stereocenters. The first-order valence-electron chi connectivity index (χ1n) is 11.2. The van der Waals surface area contributed by atoms with Crippen molar-refractivity contribution in [3.8, 4) is 0 Å². The number of piperidine rings is 1. The first-order chi connectivity index (χ1) is 14.8. The van der Waals surface area contributed by atoms with Crippen LogP contribution in [0, 0.1) is 0 Å². The summed E-state index contributed by atoms with van der Waals surface area (Å²) in [6.07, 6.45) is 11.4. The summed E-state index contributed by atoms with van der Waals surface area (Å²) in [5.41, 5.74) is 2.52. The molecule has 1 amide bonds. The first-order valence-corrected chi connectivity index (χ1v) is 12.0. The van der Waals surface area contributed by atoms with Crippen LogP contribution in [0.3, 0.4) is 0 Å². The van der Waals surface area contributed by atoms with E-state index in [2.05, 4.69) is 21.3 Å². The van der Waals surface area contributed by atoms with E-state index in [1.165, 1.54) is 38.5 Å². The van der Waals surface area contributed by atoms with Gasteiger partial charge in [0.05, 0.1) is 5.69 Å². The number of nitrogens with one attached hydrogen (secondary N) is 1. The highest BCUT2D eigenvalue weighted by Gasteiger charge is 2.25. The second-order valence-corrected chi connectivity index (χ2v) is 9.51. The molecule has 1 aromatic heterocycles. The predicted molar refractivity (Wildman–Crippen MR) is 121 cm³/mol. The molecule has 5 nitrogen and oxygen atoms in total. The Morgan fingerprint density at radius 2 is 1.80 bits per heavy atom. The van der Waals surface area contributed by atoms with Crippen molar-refractivity contribution in [3.05, 3.63) is 47.8 Å². The summed E-state index contributed by atoms with van der Waals surface area (Å²) in [6, 6.07) is 10.3. The molecule has 30 heavy (non-hydrogen) atoms. The summed E-state index contributed by atoms with van der Waals surface area (Å²) in [5.74, 6) is 0.964. The molecule has 2 fully saturated rings. The minimum Gasteiger partial charge on any atom is -0.355 e. The number of aliphatic imine (C=N–C) groups is 1. The summed E-state index contributed by atoms with van der Waals surface area (Å²) in [7, 11) is 0. The summed E-state index contributed by atoms with van der Waals surface area (Å²) >= 11 is 1.69. The highest BCUT2D eigenvalue weighted by atomic mass is 32.2. The monoisotopic (exact) mass is 420 g/mol. The number of carbonyl (C=O) groups excluding carboxylic acids is 1. The largest absolute Gasteiger partial charge is 0.355 e. The Balaban J connectivity index is 1.48. The van der Waals surface area contributed by atoms with Gasteiger partial charge in [-0.15, -0.1) is 0 Å². The van der Waals surface area contributed by atoms with Gasteiger partial charge in [0.1, 0.15) is 5.69 Å². The van der Waals surface area contributed by atoms with E-state index in [0.29, 0.717) is 11.6 Å². The van der Waals surface area contributed by atoms with Crippen molar-refractivity contribution in [2.45, 2.75) is 67.2 Å². The number of nitrogens with zero attached hydrogens (tertiary/aromatic N) is 3. The fraction of sp³-hybridized carbons (Fsp3) is 0.458. The molecule has 0 unspecified atom stereocenters. The number of pyridine rings is 1. The SMILES string of the molecule is O=C(NC1CCCCC1)c1ccc2c(c1)N=C(N1CCCCC1)c1ncccc1S2. The number of aromatic nitrogens is 1. The number of hydrogen-bond acceptors (Lipinski definition) is 5. The Labute approximate surface area is 182 Å². The summed E-state index contributed by atoms with van der Waals surface area (Å²) in [5, 5.41) is 3.23. The Kier molecular flexibility index (Phi) is 5.75. The van der Waals surface area contributed by atoms with Crippen LogP contribution in [-0.4, -0.2) is 40.8 Å². The Bertz CT molecular complexity index is 961. The van der Waals surface area contributed by atoms with E-state index < -0.39 is 0 Å². The zero-order chi connectivity index (χ0) is 20.3. The van der Waals surface area contributed by atoms with Crippen LogP contribution in [0.15, 0.2) is 51.3 Å². The molecule has 1 aromatic carbocycles. The Hall–Kier alpha value is -2.34. The maximum Gasteiger partial charge on any atom is 0.251 e. The second-order valence-electron chi connectivity index (χ2n) is 8.43. The average Bonchev–Trinajstić information content (AvgIpc) is 2.96. The molecule has 1 saturated heterocycles. The molecule has 2 aliphatic heterocycles. The molecule has 2 aromatic rings. The van der Waals surface area contributed by atoms with Gasteiger partial charge in [0.15, 0.2) is 5.84 Å². The quantitative estimate of drug-likeness (QED) is 0.728. The van der Waals surface area contributed by atoms with Crippen molar-refractivity contribution < 1.29 is 4.79 Å². The maximum atomic E-state index is 12.9. The molecular formula is C24H28N4OS. The third kappa shape index (κ3) is 4.10. The van der Waals surface area contributed by atoms with E-state index >= 15 is 0 Å². The highest BCUT2D eigenvalue weighted by Crippen LogP contribution is 2.40. The number of amidine groups is 1. The van der Waals surface area contributed by atoms with Crippen LogP contribution in [-0.2, 0) is 0 Å². The number of hydrogen-bond donors (Lipinski definition) is 1. The third-order valence-electron chi connectivity index (χ3n) is 6.25. The standard InChI is InChI=1S/C24H28N4OS/c29-24(26-18-8-3-1-4-9-18)17-11-12-20-19(16-17)27-23(28-14-5-2-6-15-28)22-21(30-20)10-7-13-25-22/h7,10-13,16,18H,1-6,8-9,14-15H2,(H,26,29). The molecule has 0 bridgehead atoms. The zero-order valence-corrected chi connectivity index (χ0v) is 18.1. The lowest BCUT2D eigenvalue weighted by atomic mass is 9.95. The first kappa shape index (κ1) is 19.6. The van der Waals surface area contributed by atoms with Gasteiger partial charge in [0, 0.05) is 40.7 Å². The minimum absolute atomic E-state index is 0.0179. The summed E-state index contributed by atoms with van der Waals surface area (Å²) < 4.78 is 0. The van der Waals surface area contributed by atoms with E-state index in [9.17, 15) is 4.79 Å². The number of fused-ring (bicyclic) bond motifs is 2. The molecule has 0 radical (unpaired) electrons. The van der Waals surface area contributed by atoms with Gasteiger partial charge < -0.3 is 10.2 Å². The molecule has 1 N–H and O–H groups in total. The highest BCUT2D eigenvalue weighted by molar-refractivity contribution is 7.99. The third-order valence-corrected chi connectivity index (χ3v) is 7.36. The van der Waals surface area contributed by atoms with Crippen LogP contribution >= 0.6 is 11.8 Å². The van der Waals surface area contributed by atoms with E-state index in [1.54, 1.807) is 11.8 Å². The van der Waals surface area contributed by atoms with E-state index in [1.807, 2.05) is 30.5 Å². The molecule has 156 valence electrons. The second kappa shape index (κ2) is 8.80. The van der Waals surface area contributed by atoms with Crippen LogP contribution < -0.4 is 5.32 Å². The lowest BCUT2D eigenvalue weighted by Crippen LogP contribution is -2.37. The Morgan fingerprint density at radius 3 is 2.63 bits per heavy atom. The topological polar surface area (TPSA) is 57.6 Å². The van der Waals surface area contributed by atoms with Crippen molar-refractivity contribution in [3.63, 3.8) is 0 Å². The molecule has 5 rings (SSSR count). The van der Waals surface area contributed by atoms with Gasteiger partial charge >= 0.3 is 0 Å². The number of benzene rings is 1. The van der Waals surface area contributed by atoms with Crippen LogP contribution in [0.25, 0.3) is 0 Å². The lowest BCUT2D eigenvalue weighted by Gasteiger charge is -2.29. The molecule has 1 aliphatic carbocycles. The van der Waals surface area contributed by atoms with Gasteiger partial charge in [-0.1, -0.05) is 31.0 Å². The minimum atomic E-state index is 0.0179. The summed E-state index contributed by atoms with van der Waals surface area (Å²) in [6.45, 7) is 2.02. The maximum absolute atomic E-state index is 12.9. The number of rotatable bonds is 2. The van der Waals surface area contributed by atoms with Gasteiger partial charge in [-0.2, -0.15) is 0 Å². The number of likely N-dealkylation sites (tertiary alicyclic amines) is 1. The van der Waals surface area contributed by atoms with Crippen LogP contribution in [0.4, 0.5) is 5.69 Å². The van der Waals surface area contributed by atoms with Crippen LogP contribution in [0.2, 0.25) is 0 Å². The van der Waals surface area contributed by atoms with Crippen molar-refractivity contribution in [2.75, 3.05) is 13.1 Å². The average molecular weight is 421 g/mol. The molecular weight excluding hydrogens is 392 g/mol. The van der Waals surface area contributed by atoms with E-state index in [4.69, 9.17) is 4.99 Å². The normalized spacial score (nSPS) is 19.3. The van der Waals surface area contributed by atoms with Gasteiger partial charge in [0.25, 0.3) is 5.91 Å². The van der Waals surface area contributed by atoms with Gasteiger partial charge in [0.2, 0.25) is 0 Å². The van der Waals surface area contributed by atoms with Crippen molar-refractivity contribution >= 4 is 29.2 Å². The van der Waals surface area contributed by atoms with E-state index in [0.717, 1.165) is 52.9 Å². The van der Waals surface area contributed by atoms with Crippen molar-refractivity contribution in [1.29, 1.82) is 0 Å². The fourth-order valence-electron chi connectivity index (χ4n) is 4.60. The Morgan fingerprint density at radius 1 is 1.00 bits per heavy atom. The van der Waals surface area contributed by atoms with Gasteiger partial charge in [-0.3, -0.25) is 9.78 Å². The molecule has 6 heteroatoms. The molecule has 3 aliphatic rings. The zero-order valence-electron chi connectivity index (χ0n) is 17.3. The van der Waals surface area contributed by atoms with Crippen LogP contribution in [0.1, 0.15) is 67.4 Å². The van der Waals surface area contributed by atoms with Gasteiger partial charge in [-0.05, 0) is 62.4 Å². The lowest BCUT2D eigenvalue weighted by molar-refractivity contribution is 0.0927. The van der Waals surface area contributed by atoms with Crippen LogP contribution in [0.5, 0.6) is 0 Å². The molecule has 1 saturated carbocycles.